The Morgan fingerprint density at radius 1 is 1.08 bits per heavy atom. The third kappa shape index (κ3) is 1.89. The van der Waals surface area contributed by atoms with Gasteiger partial charge >= 0.3 is 0 Å². The van der Waals surface area contributed by atoms with Crippen molar-refractivity contribution in [3.05, 3.63) is 23.8 Å². The maximum absolute atomic E-state index is 10.6. The molecule has 0 saturated heterocycles. The molecule has 0 bridgehead atoms. The molecule has 0 aromatic heterocycles. The zero-order chi connectivity index (χ0) is 8.97. The minimum Gasteiger partial charge on any atom is -0.851 e. The number of hydrogen-bond donors (Lipinski definition) is 0. The predicted molar refractivity (Wildman–Crippen MR) is 43.3 cm³/mol. The van der Waals surface area contributed by atoms with Crippen LogP contribution in [0.5, 0.6) is 11.5 Å². The van der Waals surface area contributed by atoms with Crippen LogP contribution in [0.2, 0.25) is 0 Å². The van der Waals surface area contributed by atoms with Crippen LogP contribution in [0.1, 0.15) is 5.56 Å². The first-order valence-electron chi connectivity index (χ1n) is 3.60. The maximum atomic E-state index is 10.6. The van der Waals surface area contributed by atoms with Crippen LogP contribution in [0.15, 0.2) is 18.2 Å². The van der Waals surface area contributed by atoms with Crippen molar-refractivity contribution in [2.45, 2.75) is 6.61 Å². The average Bonchev–Trinajstić information content (AvgIpc) is 2.16. The maximum Gasteiger partial charge on any atom is 0.122 e. The highest BCUT2D eigenvalue weighted by atomic mass is 16.5. The van der Waals surface area contributed by atoms with Crippen molar-refractivity contribution in [3.8, 4) is 11.5 Å². The molecule has 0 N–H and O–H groups in total. The highest BCUT2D eigenvalue weighted by Crippen LogP contribution is 2.21. The summed E-state index contributed by atoms with van der Waals surface area (Å²) in [5.41, 5.74) is 0.672. The summed E-state index contributed by atoms with van der Waals surface area (Å²) in [6.45, 7) is -0.256. The molecule has 66 valence electrons. The minimum absolute atomic E-state index is 0.256. The molecule has 1 rings (SSSR count). The molecule has 3 heteroatoms. The van der Waals surface area contributed by atoms with Gasteiger partial charge in [-0.15, -0.1) is 6.61 Å². The van der Waals surface area contributed by atoms with Crippen molar-refractivity contribution in [2.24, 2.45) is 0 Å². The van der Waals surface area contributed by atoms with E-state index in [1.54, 1.807) is 32.4 Å². The first kappa shape index (κ1) is 8.87. The Hall–Kier alpha value is -1.22. The Morgan fingerprint density at radius 3 is 1.92 bits per heavy atom. The van der Waals surface area contributed by atoms with Crippen molar-refractivity contribution in [3.63, 3.8) is 0 Å². The summed E-state index contributed by atoms with van der Waals surface area (Å²) in [6, 6.07) is 5.14. The summed E-state index contributed by atoms with van der Waals surface area (Å²) in [7, 11) is 3.12. The molecule has 0 unspecified atom stereocenters. The van der Waals surface area contributed by atoms with Gasteiger partial charge in [0.15, 0.2) is 0 Å². The van der Waals surface area contributed by atoms with E-state index in [1.807, 2.05) is 0 Å². The van der Waals surface area contributed by atoms with Gasteiger partial charge in [0.05, 0.1) is 14.2 Å². The average molecular weight is 167 g/mol. The Bertz CT molecular complexity index is 203. The summed E-state index contributed by atoms with van der Waals surface area (Å²) < 4.78 is 9.96. The monoisotopic (exact) mass is 167 g/mol. The van der Waals surface area contributed by atoms with Crippen molar-refractivity contribution in [1.82, 2.24) is 0 Å². The lowest BCUT2D eigenvalue weighted by Crippen LogP contribution is -2.02. The van der Waals surface area contributed by atoms with E-state index in [4.69, 9.17) is 9.47 Å². The molecule has 1 aromatic rings. The smallest absolute Gasteiger partial charge is 0.122 e. The van der Waals surface area contributed by atoms with Crippen molar-refractivity contribution in [1.29, 1.82) is 0 Å². The fourth-order valence-corrected chi connectivity index (χ4v) is 0.950. The molecule has 0 atom stereocenters. The molecule has 1 aromatic carbocycles. The lowest BCUT2D eigenvalue weighted by atomic mass is 10.2. The minimum atomic E-state index is -0.256. The van der Waals surface area contributed by atoms with E-state index < -0.39 is 0 Å². The second kappa shape index (κ2) is 3.97. The third-order valence-electron chi connectivity index (χ3n) is 1.58. The lowest BCUT2D eigenvalue weighted by Gasteiger charge is -2.09. The van der Waals surface area contributed by atoms with E-state index in [0.29, 0.717) is 17.1 Å². The summed E-state index contributed by atoms with van der Waals surface area (Å²) in [5, 5.41) is 10.6. The van der Waals surface area contributed by atoms with Crippen LogP contribution in [0.3, 0.4) is 0 Å². The van der Waals surface area contributed by atoms with E-state index in [-0.39, 0.29) is 6.61 Å². The number of hydrogen-bond acceptors (Lipinski definition) is 3. The molecular formula is C9H11O3-. The van der Waals surface area contributed by atoms with Gasteiger partial charge in [0.1, 0.15) is 11.5 Å². The molecule has 0 radical (unpaired) electrons. The fraction of sp³-hybridized carbons (Fsp3) is 0.333. The van der Waals surface area contributed by atoms with E-state index >= 15 is 0 Å². The fourth-order valence-electron chi connectivity index (χ4n) is 0.950. The van der Waals surface area contributed by atoms with Crippen molar-refractivity contribution < 1.29 is 14.6 Å². The van der Waals surface area contributed by atoms with Gasteiger partial charge in [-0.1, -0.05) is 5.56 Å². The summed E-state index contributed by atoms with van der Waals surface area (Å²) in [5.74, 6) is 1.31. The normalized spacial score (nSPS) is 9.58. The number of methoxy groups -OCH3 is 2. The highest BCUT2D eigenvalue weighted by molar-refractivity contribution is 5.37. The first-order valence-corrected chi connectivity index (χ1v) is 3.60. The van der Waals surface area contributed by atoms with E-state index in [2.05, 4.69) is 0 Å². The second-order valence-electron chi connectivity index (χ2n) is 2.37. The molecule has 0 aliphatic heterocycles. The van der Waals surface area contributed by atoms with Gasteiger partial charge in [-0.3, -0.25) is 0 Å². The lowest BCUT2D eigenvalue weighted by molar-refractivity contribution is -0.386. The third-order valence-corrected chi connectivity index (χ3v) is 1.58. The zero-order valence-electron chi connectivity index (χ0n) is 7.16. The second-order valence-corrected chi connectivity index (χ2v) is 2.37. The topological polar surface area (TPSA) is 41.5 Å². The molecule has 12 heavy (non-hydrogen) atoms. The van der Waals surface area contributed by atoms with Gasteiger partial charge in [0, 0.05) is 6.07 Å². The van der Waals surface area contributed by atoms with Crippen LogP contribution in [-0.2, 0) is 6.61 Å². The van der Waals surface area contributed by atoms with Gasteiger partial charge in [0.2, 0.25) is 0 Å². The quantitative estimate of drug-likeness (QED) is 0.660. The van der Waals surface area contributed by atoms with Gasteiger partial charge in [-0.05, 0) is 12.1 Å². The van der Waals surface area contributed by atoms with Crippen LogP contribution in [0, 0.1) is 0 Å². The number of benzene rings is 1. The van der Waals surface area contributed by atoms with Gasteiger partial charge in [-0.25, -0.2) is 0 Å². The molecule has 0 amide bonds. The molecule has 0 fully saturated rings. The van der Waals surface area contributed by atoms with Crippen molar-refractivity contribution in [2.75, 3.05) is 14.2 Å². The van der Waals surface area contributed by atoms with Gasteiger partial charge < -0.3 is 14.6 Å². The van der Waals surface area contributed by atoms with Crippen molar-refractivity contribution >= 4 is 0 Å². The summed E-state index contributed by atoms with van der Waals surface area (Å²) in [6.07, 6.45) is 0. The molecule has 0 aliphatic rings. The van der Waals surface area contributed by atoms with Gasteiger partial charge in [-0.2, -0.15) is 0 Å². The molecular weight excluding hydrogens is 156 g/mol. The summed E-state index contributed by atoms with van der Waals surface area (Å²) >= 11 is 0. The van der Waals surface area contributed by atoms with Crippen LogP contribution < -0.4 is 14.6 Å². The van der Waals surface area contributed by atoms with Gasteiger partial charge in [0.25, 0.3) is 0 Å². The van der Waals surface area contributed by atoms with Crippen LogP contribution in [0.25, 0.3) is 0 Å². The number of rotatable bonds is 3. The molecule has 0 heterocycles. The standard InChI is InChI=1S/C9H11O3/c1-11-8-3-7(6-10)4-9(5-8)12-2/h3-5H,6H2,1-2H3/q-1. The Labute approximate surface area is 71.5 Å². The van der Waals surface area contributed by atoms with Crippen LogP contribution >= 0.6 is 0 Å². The Morgan fingerprint density at radius 2 is 1.58 bits per heavy atom. The molecule has 0 spiro atoms. The van der Waals surface area contributed by atoms with E-state index in [9.17, 15) is 5.11 Å². The first-order chi connectivity index (χ1) is 5.80. The Kier molecular flexibility index (Phi) is 2.94. The largest absolute Gasteiger partial charge is 0.851 e. The molecule has 0 aliphatic carbocycles. The number of ether oxygens (including phenoxy) is 2. The zero-order valence-corrected chi connectivity index (χ0v) is 7.16. The van der Waals surface area contributed by atoms with Crippen LogP contribution in [-0.4, -0.2) is 14.2 Å². The van der Waals surface area contributed by atoms with Crippen LogP contribution in [0.4, 0.5) is 0 Å². The van der Waals surface area contributed by atoms with E-state index in [0.717, 1.165) is 0 Å². The summed E-state index contributed by atoms with van der Waals surface area (Å²) in [4.78, 5) is 0. The predicted octanol–water partition coefficient (Wildman–Crippen LogP) is 0.564. The van der Waals surface area contributed by atoms with E-state index in [1.165, 1.54) is 0 Å². The Balaban J connectivity index is 3.01. The molecule has 3 nitrogen and oxygen atoms in total. The SMILES string of the molecule is COc1cc(C[O-])cc(OC)c1. The molecule has 0 saturated carbocycles. The highest BCUT2D eigenvalue weighted by Gasteiger charge is 1.97.